The predicted octanol–water partition coefficient (Wildman–Crippen LogP) is 2.71. The molecule has 28 heavy (non-hydrogen) atoms. The van der Waals surface area contributed by atoms with Crippen molar-refractivity contribution >= 4 is 17.7 Å². The zero-order chi connectivity index (χ0) is 19.9. The highest BCUT2D eigenvalue weighted by Gasteiger charge is 2.28. The number of likely N-dealkylation sites (tertiary alicyclic amines) is 1. The van der Waals surface area contributed by atoms with Crippen LogP contribution in [0, 0.1) is 0 Å². The number of nitrogens with one attached hydrogen (secondary N) is 1. The van der Waals surface area contributed by atoms with Crippen molar-refractivity contribution < 1.29 is 19.1 Å². The molecule has 0 atom stereocenters. The Hall–Kier alpha value is -3.15. The van der Waals surface area contributed by atoms with Gasteiger partial charge >= 0.3 is 0 Å². The van der Waals surface area contributed by atoms with Crippen LogP contribution in [0.5, 0.6) is 5.75 Å². The van der Waals surface area contributed by atoms with E-state index < -0.39 is 0 Å². The lowest BCUT2D eigenvalue weighted by Crippen LogP contribution is -2.28. The highest BCUT2D eigenvalue weighted by Crippen LogP contribution is 2.16. The Morgan fingerprint density at radius 2 is 1.57 bits per heavy atom. The fourth-order valence-electron chi connectivity index (χ4n) is 3.13. The molecule has 6 heteroatoms. The zero-order valence-electron chi connectivity index (χ0n) is 15.9. The number of carbonyl (C=O) groups excluding carboxylic acids is 3. The van der Waals surface area contributed by atoms with Crippen molar-refractivity contribution in [3.63, 3.8) is 0 Å². The predicted molar refractivity (Wildman–Crippen MR) is 105 cm³/mol. The number of aryl methyl sites for hydroxylation is 1. The van der Waals surface area contributed by atoms with Crippen molar-refractivity contribution in [2.75, 3.05) is 13.7 Å². The van der Waals surface area contributed by atoms with Crippen LogP contribution in [0.3, 0.4) is 0 Å². The van der Waals surface area contributed by atoms with Crippen LogP contribution < -0.4 is 10.1 Å². The first-order valence-corrected chi connectivity index (χ1v) is 9.40. The van der Waals surface area contributed by atoms with Gasteiger partial charge in [-0.1, -0.05) is 24.3 Å². The van der Waals surface area contributed by atoms with E-state index in [1.165, 1.54) is 10.5 Å². The van der Waals surface area contributed by atoms with Crippen molar-refractivity contribution in [1.82, 2.24) is 10.2 Å². The van der Waals surface area contributed by atoms with Crippen LogP contribution in [-0.4, -0.2) is 36.3 Å². The molecular formula is C22H24N2O4. The van der Waals surface area contributed by atoms with Gasteiger partial charge < -0.3 is 10.1 Å². The largest absolute Gasteiger partial charge is 0.497 e. The Balaban J connectivity index is 1.44. The summed E-state index contributed by atoms with van der Waals surface area (Å²) in [4.78, 5) is 36.9. The molecular weight excluding hydrogens is 356 g/mol. The van der Waals surface area contributed by atoms with Crippen LogP contribution in [0.25, 0.3) is 0 Å². The molecule has 2 aromatic carbocycles. The summed E-state index contributed by atoms with van der Waals surface area (Å²) in [5, 5.41) is 2.92. The van der Waals surface area contributed by atoms with Gasteiger partial charge in [0, 0.05) is 24.9 Å². The summed E-state index contributed by atoms with van der Waals surface area (Å²) in [5.41, 5.74) is 2.59. The van der Waals surface area contributed by atoms with Crippen molar-refractivity contribution in [2.24, 2.45) is 0 Å². The number of hydrogen-bond donors (Lipinski definition) is 1. The molecule has 1 aliphatic rings. The van der Waals surface area contributed by atoms with Crippen molar-refractivity contribution in [3.05, 3.63) is 65.2 Å². The molecule has 1 N–H and O–H groups in total. The molecule has 0 bridgehead atoms. The highest BCUT2D eigenvalue weighted by molar-refractivity contribution is 6.01. The van der Waals surface area contributed by atoms with E-state index in [1.807, 2.05) is 24.3 Å². The van der Waals surface area contributed by atoms with Gasteiger partial charge in [-0.15, -0.1) is 0 Å². The van der Waals surface area contributed by atoms with Crippen LogP contribution in [-0.2, 0) is 22.6 Å². The van der Waals surface area contributed by atoms with E-state index in [4.69, 9.17) is 4.74 Å². The number of benzene rings is 2. The number of imide groups is 1. The number of methoxy groups -OCH3 is 1. The third-order valence-corrected chi connectivity index (χ3v) is 4.80. The summed E-state index contributed by atoms with van der Waals surface area (Å²) in [6.07, 6.45) is 2.29. The molecule has 0 aromatic heterocycles. The SMILES string of the molecule is COc1ccc(CCCNC(=O)c2ccc(CN3C(=O)CCC3=O)cc2)cc1. The molecule has 0 radical (unpaired) electrons. The molecule has 1 aliphatic heterocycles. The minimum absolute atomic E-state index is 0.130. The summed E-state index contributed by atoms with van der Waals surface area (Å²) in [6.45, 7) is 0.852. The van der Waals surface area contributed by atoms with E-state index in [0.29, 0.717) is 12.1 Å². The normalized spacial score (nSPS) is 13.7. The lowest BCUT2D eigenvalue weighted by atomic mass is 10.1. The third kappa shape index (κ3) is 4.97. The molecule has 1 fully saturated rings. The number of carbonyl (C=O) groups is 3. The quantitative estimate of drug-likeness (QED) is 0.564. The molecule has 146 valence electrons. The Kier molecular flexibility index (Phi) is 6.42. The van der Waals surface area contributed by atoms with Crippen molar-refractivity contribution in [3.8, 4) is 5.75 Å². The van der Waals surface area contributed by atoms with Crippen LogP contribution >= 0.6 is 0 Å². The number of amides is 3. The molecule has 0 aliphatic carbocycles. The summed E-state index contributed by atoms with van der Waals surface area (Å²) < 4.78 is 5.14. The van der Waals surface area contributed by atoms with Gasteiger partial charge in [0.2, 0.25) is 11.8 Å². The highest BCUT2D eigenvalue weighted by atomic mass is 16.5. The van der Waals surface area contributed by atoms with E-state index in [1.54, 1.807) is 31.4 Å². The molecule has 6 nitrogen and oxygen atoms in total. The zero-order valence-corrected chi connectivity index (χ0v) is 15.9. The summed E-state index contributed by atoms with van der Waals surface area (Å²) in [7, 11) is 1.64. The molecule has 0 unspecified atom stereocenters. The van der Waals surface area contributed by atoms with Gasteiger partial charge in [-0.2, -0.15) is 0 Å². The minimum Gasteiger partial charge on any atom is -0.497 e. The average molecular weight is 380 g/mol. The van der Waals surface area contributed by atoms with E-state index in [0.717, 1.165) is 24.2 Å². The number of rotatable bonds is 8. The smallest absolute Gasteiger partial charge is 0.251 e. The van der Waals surface area contributed by atoms with E-state index in [9.17, 15) is 14.4 Å². The van der Waals surface area contributed by atoms with E-state index in [2.05, 4.69) is 5.32 Å². The molecule has 1 heterocycles. The van der Waals surface area contributed by atoms with Crippen LogP contribution in [0.2, 0.25) is 0 Å². The van der Waals surface area contributed by atoms with Gasteiger partial charge in [-0.05, 0) is 48.2 Å². The Morgan fingerprint density at radius 1 is 0.964 bits per heavy atom. The second-order valence-corrected chi connectivity index (χ2v) is 6.78. The summed E-state index contributed by atoms with van der Waals surface area (Å²) >= 11 is 0. The topological polar surface area (TPSA) is 75.7 Å². The van der Waals surface area contributed by atoms with Crippen LogP contribution in [0.4, 0.5) is 0 Å². The van der Waals surface area contributed by atoms with Gasteiger partial charge in [-0.3, -0.25) is 19.3 Å². The Labute approximate surface area is 164 Å². The van der Waals surface area contributed by atoms with Crippen LogP contribution in [0.15, 0.2) is 48.5 Å². The summed E-state index contributed by atoms with van der Waals surface area (Å²) in [5.74, 6) is 0.431. The van der Waals surface area contributed by atoms with E-state index >= 15 is 0 Å². The molecule has 1 saturated heterocycles. The van der Waals surface area contributed by atoms with Gasteiger partial charge in [0.1, 0.15) is 5.75 Å². The standard InChI is InChI=1S/C22H24N2O4/c1-28-19-10-6-16(7-11-19)3-2-14-23-22(27)18-8-4-17(5-9-18)15-24-20(25)12-13-21(24)26/h4-11H,2-3,12-15H2,1H3,(H,23,27). The lowest BCUT2D eigenvalue weighted by molar-refractivity contribution is -0.139. The second-order valence-electron chi connectivity index (χ2n) is 6.78. The first kappa shape index (κ1) is 19.6. The molecule has 2 aromatic rings. The van der Waals surface area contributed by atoms with E-state index in [-0.39, 0.29) is 37.1 Å². The van der Waals surface area contributed by atoms with Gasteiger partial charge in [0.05, 0.1) is 13.7 Å². The summed E-state index contributed by atoms with van der Waals surface area (Å²) in [6, 6.07) is 14.9. The molecule has 3 amide bonds. The first-order chi connectivity index (χ1) is 13.6. The van der Waals surface area contributed by atoms with Crippen molar-refractivity contribution in [2.45, 2.75) is 32.2 Å². The average Bonchev–Trinajstić information content (AvgIpc) is 3.04. The third-order valence-electron chi connectivity index (χ3n) is 4.80. The van der Waals surface area contributed by atoms with Crippen LogP contribution in [0.1, 0.15) is 40.7 Å². The van der Waals surface area contributed by atoms with Gasteiger partial charge in [-0.25, -0.2) is 0 Å². The van der Waals surface area contributed by atoms with Crippen molar-refractivity contribution in [1.29, 1.82) is 0 Å². The first-order valence-electron chi connectivity index (χ1n) is 9.40. The number of nitrogens with zero attached hydrogens (tertiary/aromatic N) is 1. The molecule has 0 saturated carbocycles. The maximum atomic E-state index is 12.3. The number of ether oxygens (including phenoxy) is 1. The maximum Gasteiger partial charge on any atom is 0.251 e. The number of hydrogen-bond acceptors (Lipinski definition) is 4. The maximum absolute atomic E-state index is 12.3. The monoisotopic (exact) mass is 380 g/mol. The second kappa shape index (κ2) is 9.17. The van der Waals surface area contributed by atoms with Gasteiger partial charge in [0.15, 0.2) is 0 Å². The lowest BCUT2D eigenvalue weighted by Gasteiger charge is -2.14. The van der Waals surface area contributed by atoms with Gasteiger partial charge in [0.25, 0.3) is 5.91 Å². The fraction of sp³-hybridized carbons (Fsp3) is 0.318. The fourth-order valence-corrected chi connectivity index (χ4v) is 3.13. The molecule has 0 spiro atoms. The Morgan fingerprint density at radius 3 is 2.18 bits per heavy atom. The minimum atomic E-state index is -0.135. The Bertz CT molecular complexity index is 828. The molecule has 3 rings (SSSR count).